The molecule has 0 spiro atoms. The molecule has 0 fully saturated rings. The molecular weight excluding hydrogens is 364 g/mol. The average molecular weight is 399 g/mol. The minimum Gasteiger partial charge on any atom is -0.497 e. The molecule has 0 saturated heterocycles. The lowest BCUT2D eigenvalue weighted by molar-refractivity contribution is 0.145. The Kier molecular flexibility index (Phi) is 9.86. The predicted molar refractivity (Wildman–Crippen MR) is 121 cm³/mol. The van der Waals surface area contributed by atoms with E-state index in [2.05, 4.69) is 39.8 Å². The lowest BCUT2D eigenvalue weighted by Crippen LogP contribution is -2.37. The molecule has 0 aliphatic rings. The third-order valence-electron chi connectivity index (χ3n) is 4.45. The molecule has 29 heavy (non-hydrogen) atoms. The fraction of sp³-hybridized carbons (Fsp3) is 0.435. The molecule has 0 heterocycles. The van der Waals surface area contributed by atoms with Crippen molar-refractivity contribution in [3.05, 3.63) is 59.7 Å². The van der Waals surface area contributed by atoms with Crippen molar-refractivity contribution in [3.63, 3.8) is 0 Å². The van der Waals surface area contributed by atoms with Crippen LogP contribution in [0, 0.1) is 0 Å². The number of nitrogens with zero attached hydrogens (tertiary/aromatic N) is 2. The van der Waals surface area contributed by atoms with Crippen LogP contribution in [0.3, 0.4) is 0 Å². The molecule has 2 N–H and O–H groups in total. The van der Waals surface area contributed by atoms with Gasteiger partial charge in [0.2, 0.25) is 0 Å². The van der Waals surface area contributed by atoms with Crippen LogP contribution in [0.1, 0.15) is 24.5 Å². The Labute approximate surface area is 174 Å². The number of nitrogens with one attached hydrogen (secondary N) is 2. The van der Waals surface area contributed by atoms with Crippen molar-refractivity contribution in [2.24, 2.45) is 4.99 Å². The number of rotatable bonds is 11. The molecule has 0 bridgehead atoms. The minimum atomic E-state index is 0.602. The van der Waals surface area contributed by atoms with E-state index in [1.54, 1.807) is 7.11 Å². The van der Waals surface area contributed by atoms with Crippen molar-refractivity contribution in [2.75, 3.05) is 45.9 Å². The summed E-state index contributed by atoms with van der Waals surface area (Å²) in [6, 6.07) is 16.5. The second-order valence-electron chi connectivity index (χ2n) is 6.90. The van der Waals surface area contributed by atoms with Gasteiger partial charge in [-0.1, -0.05) is 24.3 Å². The second kappa shape index (κ2) is 12.7. The Morgan fingerprint density at radius 2 is 1.66 bits per heavy atom. The molecule has 0 saturated carbocycles. The smallest absolute Gasteiger partial charge is 0.191 e. The van der Waals surface area contributed by atoms with Gasteiger partial charge in [0, 0.05) is 46.1 Å². The fourth-order valence-corrected chi connectivity index (χ4v) is 2.70. The van der Waals surface area contributed by atoms with E-state index in [4.69, 9.17) is 14.5 Å². The van der Waals surface area contributed by atoms with Crippen molar-refractivity contribution >= 4 is 11.6 Å². The standard InChI is InChI=1S/C23H34N4O2/c1-5-29-16-6-15-24-23(26-18-20-9-13-22(28-4)14-10-20)25-17-19-7-11-21(12-8-19)27(2)3/h7-14H,5-6,15-18H2,1-4H3,(H2,24,25,26). The van der Waals surface area contributed by atoms with Gasteiger partial charge >= 0.3 is 0 Å². The lowest BCUT2D eigenvalue weighted by Gasteiger charge is -2.15. The highest BCUT2D eigenvalue weighted by molar-refractivity contribution is 5.79. The summed E-state index contributed by atoms with van der Waals surface area (Å²) < 4.78 is 10.6. The number of ether oxygens (including phenoxy) is 2. The van der Waals surface area contributed by atoms with E-state index in [1.165, 1.54) is 11.3 Å². The lowest BCUT2D eigenvalue weighted by atomic mass is 10.2. The second-order valence-corrected chi connectivity index (χ2v) is 6.90. The van der Waals surface area contributed by atoms with Crippen LogP contribution in [0.5, 0.6) is 5.75 Å². The zero-order valence-electron chi connectivity index (χ0n) is 18.1. The van der Waals surface area contributed by atoms with Gasteiger partial charge in [0.15, 0.2) is 5.96 Å². The molecule has 6 heteroatoms. The maximum atomic E-state index is 5.41. The number of hydrogen-bond donors (Lipinski definition) is 2. The zero-order chi connectivity index (χ0) is 20.9. The largest absolute Gasteiger partial charge is 0.497 e. The van der Waals surface area contributed by atoms with Crippen LogP contribution in [0.15, 0.2) is 53.5 Å². The number of anilines is 1. The van der Waals surface area contributed by atoms with Crippen molar-refractivity contribution in [2.45, 2.75) is 26.4 Å². The van der Waals surface area contributed by atoms with Gasteiger partial charge in [-0.25, -0.2) is 4.99 Å². The molecule has 0 aromatic heterocycles. The summed E-state index contributed by atoms with van der Waals surface area (Å²) in [7, 11) is 5.76. The van der Waals surface area contributed by atoms with Crippen LogP contribution >= 0.6 is 0 Å². The Balaban J connectivity index is 1.94. The number of methoxy groups -OCH3 is 1. The quantitative estimate of drug-likeness (QED) is 0.345. The number of guanidine groups is 1. The van der Waals surface area contributed by atoms with E-state index in [1.807, 2.05) is 45.3 Å². The van der Waals surface area contributed by atoms with Crippen LogP contribution in [-0.2, 0) is 17.8 Å². The van der Waals surface area contributed by atoms with E-state index in [0.29, 0.717) is 13.1 Å². The van der Waals surface area contributed by atoms with E-state index in [-0.39, 0.29) is 0 Å². The summed E-state index contributed by atoms with van der Waals surface area (Å²) >= 11 is 0. The maximum absolute atomic E-state index is 5.41. The first-order valence-corrected chi connectivity index (χ1v) is 10.1. The van der Waals surface area contributed by atoms with Gasteiger partial charge in [0.05, 0.1) is 13.7 Å². The molecule has 2 rings (SSSR count). The Hall–Kier alpha value is -2.73. The van der Waals surface area contributed by atoms with Gasteiger partial charge in [-0.2, -0.15) is 0 Å². The minimum absolute atomic E-state index is 0.602. The third-order valence-corrected chi connectivity index (χ3v) is 4.45. The highest BCUT2D eigenvalue weighted by Gasteiger charge is 2.02. The van der Waals surface area contributed by atoms with E-state index >= 15 is 0 Å². The summed E-state index contributed by atoms with van der Waals surface area (Å²) in [6.07, 6.45) is 0.939. The first kappa shape index (κ1) is 22.6. The summed E-state index contributed by atoms with van der Waals surface area (Å²) in [6.45, 7) is 5.64. The summed E-state index contributed by atoms with van der Waals surface area (Å²) in [5.41, 5.74) is 3.54. The van der Waals surface area contributed by atoms with E-state index in [9.17, 15) is 0 Å². The van der Waals surface area contributed by atoms with Crippen LogP contribution in [0.4, 0.5) is 5.69 Å². The van der Waals surface area contributed by atoms with Gasteiger partial charge in [-0.05, 0) is 48.7 Å². The summed E-state index contributed by atoms with van der Waals surface area (Å²) in [4.78, 5) is 6.83. The molecule has 2 aromatic rings. The molecule has 6 nitrogen and oxygen atoms in total. The number of aliphatic imine (C=N–C) groups is 1. The average Bonchev–Trinajstić information content (AvgIpc) is 2.75. The Bertz CT molecular complexity index is 728. The van der Waals surface area contributed by atoms with Crippen molar-refractivity contribution < 1.29 is 9.47 Å². The van der Waals surface area contributed by atoms with Crippen LogP contribution in [0.25, 0.3) is 0 Å². The van der Waals surface area contributed by atoms with Gasteiger partial charge in [-0.3, -0.25) is 0 Å². The van der Waals surface area contributed by atoms with Crippen LogP contribution in [-0.4, -0.2) is 46.9 Å². The SMILES string of the molecule is CCOCCCNC(=NCc1ccc(OC)cc1)NCc1ccc(N(C)C)cc1. The Morgan fingerprint density at radius 3 is 2.28 bits per heavy atom. The topological polar surface area (TPSA) is 58.1 Å². The molecule has 2 aromatic carbocycles. The number of benzene rings is 2. The summed E-state index contributed by atoms with van der Waals surface area (Å²) in [5, 5.41) is 6.83. The van der Waals surface area contributed by atoms with Crippen molar-refractivity contribution in [3.8, 4) is 5.75 Å². The highest BCUT2D eigenvalue weighted by Crippen LogP contribution is 2.13. The fourth-order valence-electron chi connectivity index (χ4n) is 2.70. The molecule has 0 atom stereocenters. The van der Waals surface area contributed by atoms with Gasteiger partial charge < -0.3 is 25.0 Å². The predicted octanol–water partition coefficient (Wildman–Crippen LogP) is 3.42. The molecule has 0 radical (unpaired) electrons. The maximum Gasteiger partial charge on any atom is 0.191 e. The van der Waals surface area contributed by atoms with Gasteiger partial charge in [0.1, 0.15) is 5.75 Å². The van der Waals surface area contributed by atoms with Crippen molar-refractivity contribution in [1.82, 2.24) is 10.6 Å². The van der Waals surface area contributed by atoms with E-state index in [0.717, 1.165) is 43.5 Å². The normalized spacial score (nSPS) is 11.2. The summed E-state index contributed by atoms with van der Waals surface area (Å²) in [5.74, 6) is 1.65. The zero-order valence-corrected chi connectivity index (χ0v) is 18.1. The van der Waals surface area contributed by atoms with Crippen LogP contribution in [0.2, 0.25) is 0 Å². The van der Waals surface area contributed by atoms with Crippen LogP contribution < -0.4 is 20.3 Å². The molecule has 0 aliphatic carbocycles. The molecule has 0 amide bonds. The highest BCUT2D eigenvalue weighted by atomic mass is 16.5. The number of hydrogen-bond acceptors (Lipinski definition) is 4. The molecule has 0 unspecified atom stereocenters. The molecule has 158 valence electrons. The first-order valence-electron chi connectivity index (χ1n) is 10.1. The third kappa shape index (κ3) is 8.44. The first-order chi connectivity index (χ1) is 14.1. The van der Waals surface area contributed by atoms with Gasteiger partial charge in [-0.15, -0.1) is 0 Å². The van der Waals surface area contributed by atoms with Crippen molar-refractivity contribution in [1.29, 1.82) is 0 Å². The van der Waals surface area contributed by atoms with E-state index < -0.39 is 0 Å². The molecule has 0 aliphatic heterocycles. The Morgan fingerprint density at radius 1 is 0.966 bits per heavy atom. The molecular formula is C23H34N4O2. The van der Waals surface area contributed by atoms with Gasteiger partial charge in [0.25, 0.3) is 0 Å². The monoisotopic (exact) mass is 398 g/mol.